The maximum Gasteiger partial charge on any atom is 0.291 e. The van der Waals surface area contributed by atoms with Crippen molar-refractivity contribution in [2.75, 3.05) is 20.6 Å². The van der Waals surface area contributed by atoms with Gasteiger partial charge in [0.15, 0.2) is 11.4 Å². The molecule has 44 heavy (non-hydrogen) atoms. The van der Waals surface area contributed by atoms with Crippen LogP contribution in [0.15, 0.2) is 49.7 Å². The summed E-state index contributed by atoms with van der Waals surface area (Å²) in [5.41, 5.74) is -2.74. The minimum atomic E-state index is -2.64. The van der Waals surface area contributed by atoms with E-state index >= 15 is 4.39 Å². The molecule has 2 aromatic carbocycles. The highest BCUT2D eigenvalue weighted by Crippen LogP contribution is 2.55. The Morgan fingerprint density at radius 2 is 1.91 bits per heavy atom. The lowest BCUT2D eigenvalue weighted by atomic mass is 9.57. The van der Waals surface area contributed by atoms with E-state index in [0.717, 1.165) is 12.0 Å². The van der Waals surface area contributed by atoms with Crippen molar-refractivity contribution in [3.63, 3.8) is 0 Å². The minimum absolute atomic E-state index is 0.000429. The number of fused-ring (bicyclic) bond motifs is 4. The second-order valence-electron chi connectivity index (χ2n) is 11.9. The number of halogens is 2. The number of ketones is 2. The van der Waals surface area contributed by atoms with Gasteiger partial charge < -0.3 is 24.8 Å². The maximum atomic E-state index is 16.4. The normalized spacial score (nSPS) is 24.2. The molecule has 10 nitrogen and oxygen atoms in total. The van der Waals surface area contributed by atoms with Gasteiger partial charge in [-0.05, 0) is 67.3 Å². The predicted octanol–water partition coefficient (Wildman–Crippen LogP) is 4.21. The van der Waals surface area contributed by atoms with Crippen LogP contribution in [0.25, 0.3) is 5.76 Å². The number of carbonyl (C=O) groups excluding carboxylic acids is 2. The Hall–Kier alpha value is -3.58. The van der Waals surface area contributed by atoms with Gasteiger partial charge in [0, 0.05) is 29.2 Å². The van der Waals surface area contributed by atoms with Crippen LogP contribution in [0.1, 0.15) is 64.2 Å². The van der Waals surface area contributed by atoms with Gasteiger partial charge in [-0.1, -0.05) is 37.3 Å². The third-order valence-corrected chi connectivity index (χ3v) is 9.84. The molecule has 232 valence electrons. The molecule has 6 rings (SSSR count). The van der Waals surface area contributed by atoms with E-state index in [2.05, 4.69) is 26.4 Å². The maximum absolute atomic E-state index is 16.4. The van der Waals surface area contributed by atoms with Crippen LogP contribution in [0.3, 0.4) is 0 Å². The summed E-state index contributed by atoms with van der Waals surface area (Å²) in [6, 6.07) is 8.50. The number of ether oxygens (including phenoxy) is 1. The predicted molar refractivity (Wildman–Crippen MR) is 162 cm³/mol. The van der Waals surface area contributed by atoms with E-state index in [1.807, 2.05) is 37.3 Å². The van der Waals surface area contributed by atoms with Gasteiger partial charge in [0.05, 0.1) is 16.1 Å². The molecule has 0 amide bonds. The number of benzene rings is 2. The molecular formula is C32H33BrFN3O7. The lowest BCUT2D eigenvalue weighted by Crippen LogP contribution is -2.63. The molecule has 3 aliphatic carbocycles. The molecular weight excluding hydrogens is 637 g/mol. The molecule has 0 aliphatic heterocycles. The number of nitrogens with one attached hydrogen (secondary N) is 2. The van der Waals surface area contributed by atoms with E-state index in [0.29, 0.717) is 12.1 Å². The Balaban J connectivity index is 1.52. The van der Waals surface area contributed by atoms with E-state index in [9.17, 15) is 24.6 Å². The molecule has 0 unspecified atom stereocenters. The summed E-state index contributed by atoms with van der Waals surface area (Å²) in [6.07, 6.45) is 0.910. The summed E-state index contributed by atoms with van der Waals surface area (Å²) >= 11 is 3.51. The molecule has 1 aromatic heterocycles. The second kappa shape index (κ2) is 11.4. The molecule has 1 saturated carbocycles. The van der Waals surface area contributed by atoms with Crippen LogP contribution in [-0.2, 0) is 24.4 Å². The van der Waals surface area contributed by atoms with Crippen molar-refractivity contribution in [3.05, 3.63) is 90.1 Å². The molecule has 0 saturated heterocycles. The number of H-pyrrole nitrogens is 1. The fraction of sp³-hybridized carbons (Fsp3) is 0.406. The average molecular weight is 671 g/mol. The highest BCUT2D eigenvalue weighted by Gasteiger charge is 2.65. The number of carbonyl (C=O) groups is 2. The first-order valence-corrected chi connectivity index (χ1v) is 15.3. The zero-order valence-electron chi connectivity index (χ0n) is 24.5. The summed E-state index contributed by atoms with van der Waals surface area (Å²) in [4.78, 5) is 42.2. The SMILES string of the molecule is CCCNCc1c(F)c2c(c(OCc3ccccc3)c1Br)C(O)=C1C(=O)[C@]3(O)C(=O)c4c(o[nH]c4=O)[C@@H](N(C)C)[C@@H]3C[C@@H]1C2. The van der Waals surface area contributed by atoms with Gasteiger partial charge in [0.25, 0.3) is 5.56 Å². The van der Waals surface area contributed by atoms with Crippen LogP contribution in [0.2, 0.25) is 0 Å². The molecule has 0 spiro atoms. The molecule has 4 N–H and O–H groups in total. The summed E-state index contributed by atoms with van der Waals surface area (Å²) in [6.45, 7) is 2.96. The first kappa shape index (κ1) is 30.4. The Morgan fingerprint density at radius 3 is 2.59 bits per heavy atom. The smallest absolute Gasteiger partial charge is 0.291 e. The van der Waals surface area contributed by atoms with Crippen LogP contribution in [0.5, 0.6) is 5.75 Å². The lowest BCUT2D eigenvalue weighted by Gasteiger charge is -2.49. The Kier molecular flexibility index (Phi) is 7.89. The molecule has 1 fully saturated rings. The molecule has 0 bridgehead atoms. The van der Waals surface area contributed by atoms with E-state index in [-0.39, 0.29) is 58.7 Å². The summed E-state index contributed by atoms with van der Waals surface area (Å²) in [5.74, 6) is -4.74. The van der Waals surface area contributed by atoms with E-state index in [1.165, 1.54) is 0 Å². The van der Waals surface area contributed by atoms with E-state index in [4.69, 9.17) is 9.26 Å². The van der Waals surface area contributed by atoms with Crippen molar-refractivity contribution in [1.82, 2.24) is 15.4 Å². The van der Waals surface area contributed by atoms with Gasteiger partial charge in [-0.15, -0.1) is 0 Å². The van der Waals surface area contributed by atoms with Crippen molar-refractivity contribution >= 4 is 33.3 Å². The number of nitrogens with zero attached hydrogens (tertiary/aromatic N) is 1. The average Bonchev–Trinajstić information content (AvgIpc) is 3.38. The molecule has 12 heteroatoms. The first-order valence-electron chi connectivity index (χ1n) is 14.6. The largest absolute Gasteiger partial charge is 0.507 e. The van der Waals surface area contributed by atoms with Crippen LogP contribution < -0.4 is 15.6 Å². The third kappa shape index (κ3) is 4.49. The summed E-state index contributed by atoms with van der Waals surface area (Å²) in [5, 5.41) is 29.1. The van der Waals surface area contributed by atoms with Crippen LogP contribution in [-0.4, -0.2) is 58.1 Å². The van der Waals surface area contributed by atoms with Crippen molar-refractivity contribution < 1.29 is 33.5 Å². The summed E-state index contributed by atoms with van der Waals surface area (Å²) < 4.78 is 28.3. The monoisotopic (exact) mass is 669 g/mol. The standard InChI is InChI=1S/C32H33BrFN3O7/c1-4-10-35-13-18-23(33)27(43-14-15-8-6-5-7-9-15)21-17(24(18)34)11-16-12-19-25(37(2)3)28-22(31(41)36-44-28)30(40)32(19,42)29(39)20(16)26(21)38/h5-9,16,19,25,35,38,42H,4,10-14H2,1-3H3,(H,36,41)/t16-,19-,25-,32-/m0/s1. The highest BCUT2D eigenvalue weighted by atomic mass is 79.9. The molecule has 3 aliphatic rings. The topological polar surface area (TPSA) is 145 Å². The first-order chi connectivity index (χ1) is 21.0. The zero-order valence-corrected chi connectivity index (χ0v) is 26.1. The number of aliphatic hydroxyl groups excluding tert-OH is 1. The number of aliphatic hydroxyl groups is 2. The number of rotatable bonds is 8. The Labute approximate surface area is 261 Å². The number of aromatic amines is 1. The van der Waals surface area contributed by atoms with Crippen molar-refractivity contribution in [2.45, 2.75) is 51.0 Å². The fourth-order valence-corrected chi connectivity index (χ4v) is 7.61. The molecule has 4 atom stereocenters. The van der Waals surface area contributed by atoms with Gasteiger partial charge in [0.2, 0.25) is 11.6 Å². The summed E-state index contributed by atoms with van der Waals surface area (Å²) in [7, 11) is 3.37. The van der Waals surface area contributed by atoms with Gasteiger partial charge in [-0.25, -0.2) is 4.39 Å². The van der Waals surface area contributed by atoms with Crippen molar-refractivity contribution in [1.29, 1.82) is 0 Å². The number of aromatic nitrogens is 1. The highest BCUT2D eigenvalue weighted by molar-refractivity contribution is 9.10. The lowest BCUT2D eigenvalue weighted by molar-refractivity contribution is -0.142. The third-order valence-electron chi connectivity index (χ3n) is 9.00. The van der Waals surface area contributed by atoms with Crippen LogP contribution >= 0.6 is 15.9 Å². The number of hydrogen-bond donors (Lipinski definition) is 4. The van der Waals surface area contributed by atoms with Crippen LogP contribution in [0, 0.1) is 17.7 Å². The quantitative estimate of drug-likeness (QED) is 0.205. The van der Waals surface area contributed by atoms with Crippen LogP contribution in [0.4, 0.5) is 4.39 Å². The van der Waals surface area contributed by atoms with Crippen molar-refractivity contribution in [2.24, 2.45) is 11.8 Å². The Bertz CT molecular complexity index is 1750. The van der Waals surface area contributed by atoms with Gasteiger partial charge in [-0.2, -0.15) is 5.16 Å². The van der Waals surface area contributed by atoms with E-state index < -0.39 is 57.7 Å². The number of Topliss-reactive ketones (excluding diaryl/α,β-unsaturated/α-hetero) is 2. The molecule has 1 heterocycles. The van der Waals surface area contributed by atoms with Crippen molar-refractivity contribution in [3.8, 4) is 5.75 Å². The second-order valence-corrected chi connectivity index (χ2v) is 12.6. The Morgan fingerprint density at radius 1 is 1.18 bits per heavy atom. The molecule has 0 radical (unpaired) electrons. The van der Waals surface area contributed by atoms with Gasteiger partial charge in [-0.3, -0.25) is 19.3 Å². The fourth-order valence-electron chi connectivity index (χ4n) is 6.98. The van der Waals surface area contributed by atoms with Gasteiger partial charge >= 0.3 is 0 Å². The van der Waals surface area contributed by atoms with Gasteiger partial charge in [0.1, 0.15) is 29.5 Å². The molecule has 3 aromatic rings. The minimum Gasteiger partial charge on any atom is -0.507 e. The number of hydrogen-bond acceptors (Lipinski definition) is 9. The van der Waals surface area contributed by atoms with E-state index in [1.54, 1.807) is 19.0 Å². The zero-order chi connectivity index (χ0) is 31.5.